The number of hydrogen-bond acceptors (Lipinski definition) is 5. The smallest absolute Gasteiger partial charge is 0.395 e. The third-order valence-electron chi connectivity index (χ3n) is 7.71. The van der Waals surface area contributed by atoms with Crippen molar-refractivity contribution in [3.05, 3.63) is 76.3 Å². The lowest BCUT2D eigenvalue weighted by Crippen LogP contribution is -2.28. The lowest BCUT2D eigenvalue weighted by molar-refractivity contribution is -0.286. The Hall–Kier alpha value is -3.47. The molecule has 3 aliphatic rings. The number of hydrogen-bond donors (Lipinski definition) is 0. The van der Waals surface area contributed by atoms with E-state index in [1.165, 1.54) is 34.9 Å². The van der Waals surface area contributed by atoms with Gasteiger partial charge in [-0.3, -0.25) is 4.57 Å². The summed E-state index contributed by atoms with van der Waals surface area (Å²) in [7, 11) is 0. The molecule has 0 radical (unpaired) electrons. The van der Waals surface area contributed by atoms with Crippen molar-refractivity contribution < 1.29 is 31.4 Å². The molecule has 2 atom stereocenters. The van der Waals surface area contributed by atoms with E-state index in [0.29, 0.717) is 12.5 Å². The highest BCUT2D eigenvalue weighted by molar-refractivity contribution is 5.71. The average Bonchev–Trinajstić information content (AvgIpc) is 3.27. The van der Waals surface area contributed by atoms with Crippen LogP contribution in [0, 0.1) is 5.92 Å². The van der Waals surface area contributed by atoms with Crippen LogP contribution in [0.2, 0.25) is 0 Å². The summed E-state index contributed by atoms with van der Waals surface area (Å²) in [6, 6.07) is 11.6. The Morgan fingerprint density at radius 1 is 1.00 bits per heavy atom. The second-order valence-corrected chi connectivity index (χ2v) is 10.2. The Kier molecular flexibility index (Phi) is 5.75. The molecule has 0 amide bonds. The van der Waals surface area contributed by atoms with E-state index in [1.54, 1.807) is 24.4 Å². The number of aryl methyl sites for hydroxylation is 1. The Morgan fingerprint density at radius 2 is 1.76 bits per heavy atom. The van der Waals surface area contributed by atoms with Gasteiger partial charge in [-0.1, -0.05) is 18.2 Å². The first-order valence-corrected chi connectivity index (χ1v) is 12.4. The molecule has 38 heavy (non-hydrogen) atoms. The van der Waals surface area contributed by atoms with Crippen LogP contribution in [0.4, 0.5) is 22.0 Å². The van der Waals surface area contributed by atoms with Gasteiger partial charge in [0.25, 0.3) is 0 Å². The number of nitrogens with zero attached hydrogens (tertiary/aromatic N) is 3. The predicted molar refractivity (Wildman–Crippen MR) is 127 cm³/mol. The average molecular weight is 533 g/mol. The van der Waals surface area contributed by atoms with E-state index in [4.69, 9.17) is 0 Å². The molecule has 2 fully saturated rings. The van der Waals surface area contributed by atoms with Gasteiger partial charge in [0.1, 0.15) is 0 Å². The molecule has 200 valence electrons. The van der Waals surface area contributed by atoms with Crippen molar-refractivity contribution in [3.8, 4) is 22.8 Å². The summed E-state index contributed by atoms with van der Waals surface area (Å²) in [5.74, 6) is 0.199. The van der Waals surface area contributed by atoms with Gasteiger partial charge in [-0.2, -0.15) is 18.2 Å². The zero-order chi connectivity index (χ0) is 26.7. The maximum atomic E-state index is 13.5. The molecule has 1 saturated heterocycles. The molecule has 2 aliphatic heterocycles. The number of aromatic nitrogens is 2. The summed E-state index contributed by atoms with van der Waals surface area (Å²) < 4.78 is 76.1. The largest absolute Gasteiger partial charge is 0.586 e. The molecule has 0 bridgehead atoms. The van der Waals surface area contributed by atoms with Gasteiger partial charge in [0.15, 0.2) is 11.5 Å². The maximum Gasteiger partial charge on any atom is 0.586 e. The van der Waals surface area contributed by atoms with Gasteiger partial charge in [-0.05, 0) is 67.6 Å². The number of likely N-dealkylation sites (tertiary alicyclic amines) is 1. The number of piperidine rings is 1. The molecule has 3 heterocycles. The number of ether oxygens (including phenoxy) is 2. The number of para-hydroxylation sites is 1. The third kappa shape index (κ3) is 4.53. The minimum atomic E-state index is -4.33. The van der Waals surface area contributed by atoms with Crippen molar-refractivity contribution in [1.29, 1.82) is 0 Å². The van der Waals surface area contributed by atoms with Crippen LogP contribution in [-0.2, 0) is 18.1 Å². The van der Waals surface area contributed by atoms with Gasteiger partial charge in [0, 0.05) is 36.8 Å². The monoisotopic (exact) mass is 533 g/mol. The van der Waals surface area contributed by atoms with Gasteiger partial charge < -0.3 is 14.4 Å². The normalized spacial score (nSPS) is 23.4. The zero-order valence-electron chi connectivity index (χ0n) is 20.2. The molecule has 1 saturated carbocycles. The fraction of sp³-hybridized carbons (Fsp3) is 0.407. The molecule has 0 spiro atoms. The summed E-state index contributed by atoms with van der Waals surface area (Å²) in [6.45, 7) is 3.04. The van der Waals surface area contributed by atoms with E-state index in [2.05, 4.69) is 19.4 Å². The van der Waals surface area contributed by atoms with Crippen LogP contribution in [0.1, 0.15) is 30.4 Å². The molecular weight excluding hydrogens is 509 g/mol. The fourth-order valence-corrected chi connectivity index (χ4v) is 5.73. The maximum absolute atomic E-state index is 13.5. The predicted octanol–water partition coefficient (Wildman–Crippen LogP) is 5.30. The minimum absolute atomic E-state index is 0.0445. The Labute approximate surface area is 214 Å². The number of benzene rings is 2. The summed E-state index contributed by atoms with van der Waals surface area (Å²) in [5, 5.41) is 0. The van der Waals surface area contributed by atoms with Crippen LogP contribution in [0.5, 0.6) is 11.5 Å². The fourth-order valence-electron chi connectivity index (χ4n) is 5.73. The summed E-state index contributed by atoms with van der Waals surface area (Å²) in [6.07, 6.45) is -3.93. The number of rotatable bonds is 7. The van der Waals surface area contributed by atoms with E-state index >= 15 is 0 Å². The first-order valence-electron chi connectivity index (χ1n) is 12.4. The van der Waals surface area contributed by atoms with Gasteiger partial charge in [0.2, 0.25) is 0 Å². The van der Waals surface area contributed by atoms with Crippen molar-refractivity contribution in [2.75, 3.05) is 19.6 Å². The molecule has 6 rings (SSSR count). The molecular formula is C27H24F5N3O3. The van der Waals surface area contributed by atoms with Crippen molar-refractivity contribution >= 4 is 0 Å². The second-order valence-electron chi connectivity index (χ2n) is 10.2. The van der Waals surface area contributed by atoms with Crippen LogP contribution < -0.4 is 15.2 Å². The van der Waals surface area contributed by atoms with Crippen molar-refractivity contribution in [1.82, 2.24) is 14.5 Å². The minimum Gasteiger partial charge on any atom is -0.395 e. The highest BCUT2D eigenvalue weighted by atomic mass is 19.4. The van der Waals surface area contributed by atoms with Gasteiger partial charge in [0.05, 0.1) is 11.3 Å². The van der Waals surface area contributed by atoms with Gasteiger partial charge in [-0.15, -0.1) is 8.78 Å². The van der Waals surface area contributed by atoms with Crippen LogP contribution in [0.25, 0.3) is 11.3 Å². The number of halogens is 5. The first-order chi connectivity index (χ1) is 18.0. The van der Waals surface area contributed by atoms with Gasteiger partial charge in [-0.25, -0.2) is 4.79 Å². The Morgan fingerprint density at radius 3 is 2.50 bits per heavy atom. The topological polar surface area (TPSA) is 56.6 Å². The van der Waals surface area contributed by atoms with E-state index in [1.807, 2.05) is 0 Å². The first kappa shape index (κ1) is 24.8. The molecule has 1 aromatic heterocycles. The molecule has 1 aliphatic carbocycles. The lowest BCUT2D eigenvalue weighted by Gasteiger charge is -2.21. The van der Waals surface area contributed by atoms with Crippen molar-refractivity contribution in [2.45, 2.75) is 43.7 Å². The Bertz CT molecular complexity index is 1420. The molecule has 11 heteroatoms. The second kappa shape index (κ2) is 8.79. The summed E-state index contributed by atoms with van der Waals surface area (Å²) in [4.78, 5) is 19.0. The number of fused-ring (bicyclic) bond motifs is 2. The Balaban J connectivity index is 1.03. The van der Waals surface area contributed by atoms with E-state index in [-0.39, 0.29) is 28.2 Å². The van der Waals surface area contributed by atoms with E-state index in [0.717, 1.165) is 44.5 Å². The molecule has 0 N–H and O–H groups in total. The standard InChI is InChI=1S/C27H24F5N3O3/c28-26(29,30)18-8-6-17(7-9-18)25-14-19(25)15-34(16-25)11-1-2-12-35-13-10-21(33-24(35)36)20-4-3-5-22-23(20)38-27(31,32)37-22/h3-10,13,19H,1-2,11-12,14-16H2/t19-,25+/m0/s1. The third-order valence-corrected chi connectivity index (χ3v) is 7.71. The number of unbranched alkanes of at least 4 members (excludes halogenated alkanes) is 1. The summed E-state index contributed by atoms with van der Waals surface area (Å²) in [5.41, 5.74) is 0.277. The number of alkyl halides is 5. The van der Waals surface area contributed by atoms with Gasteiger partial charge >= 0.3 is 18.2 Å². The lowest BCUT2D eigenvalue weighted by atomic mass is 9.94. The van der Waals surface area contributed by atoms with Crippen molar-refractivity contribution in [2.24, 2.45) is 5.92 Å². The van der Waals surface area contributed by atoms with Crippen LogP contribution in [-0.4, -0.2) is 40.4 Å². The highest BCUT2D eigenvalue weighted by Gasteiger charge is 2.60. The van der Waals surface area contributed by atoms with E-state index < -0.39 is 23.7 Å². The molecule has 2 aromatic carbocycles. The van der Waals surface area contributed by atoms with Crippen LogP contribution in [0.3, 0.4) is 0 Å². The highest BCUT2D eigenvalue weighted by Crippen LogP contribution is 2.59. The van der Waals surface area contributed by atoms with Crippen LogP contribution in [0.15, 0.2) is 59.5 Å². The van der Waals surface area contributed by atoms with E-state index in [9.17, 15) is 26.7 Å². The quantitative estimate of drug-likeness (QED) is 0.305. The molecule has 3 aromatic rings. The SMILES string of the molecule is O=c1nc(-c2cccc3c2OC(F)(F)O3)ccn1CCCCN1C[C@@H]2C[C@]2(c2ccc(C(F)(F)F)cc2)C1. The molecule has 0 unspecified atom stereocenters. The van der Waals surface area contributed by atoms with Crippen molar-refractivity contribution in [3.63, 3.8) is 0 Å². The molecule has 6 nitrogen and oxygen atoms in total. The zero-order valence-corrected chi connectivity index (χ0v) is 20.2. The van der Waals surface area contributed by atoms with Crippen LogP contribution >= 0.6 is 0 Å². The summed E-state index contributed by atoms with van der Waals surface area (Å²) >= 11 is 0.